The highest BCUT2D eigenvalue weighted by molar-refractivity contribution is 6.30. The van der Waals surface area contributed by atoms with E-state index in [9.17, 15) is 15.4 Å². The number of pyridine rings is 1. The van der Waals surface area contributed by atoms with Gasteiger partial charge in [0.1, 0.15) is 11.6 Å². The first-order valence-corrected chi connectivity index (χ1v) is 7.95. The van der Waals surface area contributed by atoms with E-state index in [0.717, 1.165) is 5.56 Å². The molecule has 0 aliphatic carbocycles. The minimum atomic E-state index is -0.500. The van der Waals surface area contributed by atoms with Crippen molar-refractivity contribution in [1.29, 1.82) is 5.26 Å². The molecule has 3 rings (SSSR count). The summed E-state index contributed by atoms with van der Waals surface area (Å²) in [6.07, 6.45) is 0. The molecule has 0 spiro atoms. The number of ether oxygens (including phenoxy) is 1. The maximum atomic E-state index is 10.9. The SMILES string of the molecule is COc1cc(Cl)ccc1CNc1cc(C#N)c2cc([N+](=O)[O-])ccc2n1. The molecule has 3 aromatic rings. The van der Waals surface area contributed by atoms with Gasteiger partial charge in [-0.1, -0.05) is 17.7 Å². The molecule has 7 nitrogen and oxygen atoms in total. The van der Waals surface area contributed by atoms with Crippen LogP contribution >= 0.6 is 11.6 Å². The summed E-state index contributed by atoms with van der Waals surface area (Å²) in [5.74, 6) is 1.13. The second kappa shape index (κ2) is 7.25. The van der Waals surface area contributed by atoms with Gasteiger partial charge in [0.05, 0.1) is 29.2 Å². The Labute approximate surface area is 153 Å². The normalized spacial score (nSPS) is 10.3. The molecule has 0 radical (unpaired) electrons. The molecule has 0 aliphatic heterocycles. The summed E-state index contributed by atoms with van der Waals surface area (Å²) in [5, 5.41) is 24.5. The fraction of sp³-hybridized carbons (Fsp3) is 0.111. The number of nitro benzene ring substituents is 1. The first kappa shape index (κ1) is 17.5. The van der Waals surface area contributed by atoms with Crippen molar-refractivity contribution in [2.24, 2.45) is 0 Å². The zero-order chi connectivity index (χ0) is 18.7. The molecular weight excluding hydrogens is 356 g/mol. The summed E-state index contributed by atoms with van der Waals surface area (Å²) >= 11 is 5.96. The molecule has 2 aromatic carbocycles. The van der Waals surface area contributed by atoms with Gasteiger partial charge in [-0.15, -0.1) is 0 Å². The number of rotatable bonds is 5. The van der Waals surface area contributed by atoms with Crippen LogP contribution in [0, 0.1) is 21.4 Å². The molecule has 130 valence electrons. The van der Waals surface area contributed by atoms with Gasteiger partial charge in [0, 0.05) is 34.6 Å². The van der Waals surface area contributed by atoms with Gasteiger partial charge in [0.2, 0.25) is 0 Å². The minimum Gasteiger partial charge on any atom is -0.496 e. The monoisotopic (exact) mass is 368 g/mol. The Morgan fingerprint density at radius 1 is 1.31 bits per heavy atom. The Kier molecular flexibility index (Phi) is 4.87. The number of methoxy groups -OCH3 is 1. The Bertz CT molecular complexity index is 1050. The first-order chi connectivity index (χ1) is 12.5. The van der Waals surface area contributed by atoms with Gasteiger partial charge in [-0.2, -0.15) is 5.26 Å². The van der Waals surface area contributed by atoms with Gasteiger partial charge in [-0.3, -0.25) is 10.1 Å². The maximum Gasteiger partial charge on any atom is 0.270 e. The Morgan fingerprint density at radius 2 is 2.12 bits per heavy atom. The lowest BCUT2D eigenvalue weighted by molar-refractivity contribution is -0.384. The molecule has 0 fully saturated rings. The third-order valence-electron chi connectivity index (χ3n) is 3.83. The van der Waals surface area contributed by atoms with Crippen LogP contribution in [0.25, 0.3) is 10.9 Å². The summed E-state index contributed by atoms with van der Waals surface area (Å²) in [7, 11) is 1.56. The van der Waals surface area contributed by atoms with Crippen molar-refractivity contribution in [1.82, 2.24) is 4.98 Å². The number of benzene rings is 2. The summed E-state index contributed by atoms with van der Waals surface area (Å²) in [6, 6.07) is 13.2. The molecule has 0 aliphatic rings. The van der Waals surface area contributed by atoms with E-state index < -0.39 is 4.92 Å². The molecule has 26 heavy (non-hydrogen) atoms. The number of aromatic nitrogens is 1. The zero-order valence-electron chi connectivity index (χ0n) is 13.7. The number of halogens is 1. The molecule has 0 saturated carbocycles. The Morgan fingerprint density at radius 3 is 2.81 bits per heavy atom. The van der Waals surface area contributed by atoms with Crippen LogP contribution in [-0.2, 0) is 6.54 Å². The second-order valence-corrected chi connectivity index (χ2v) is 5.87. The van der Waals surface area contributed by atoms with Crippen LogP contribution in [0.3, 0.4) is 0 Å². The second-order valence-electron chi connectivity index (χ2n) is 5.44. The predicted molar refractivity (Wildman–Crippen MR) is 98.4 cm³/mol. The molecule has 8 heteroatoms. The van der Waals surface area contributed by atoms with Crippen molar-refractivity contribution in [3.05, 3.63) is 68.7 Å². The highest BCUT2D eigenvalue weighted by Crippen LogP contribution is 2.27. The fourth-order valence-electron chi connectivity index (χ4n) is 2.56. The van der Waals surface area contributed by atoms with Crippen LogP contribution in [0.4, 0.5) is 11.5 Å². The minimum absolute atomic E-state index is 0.0811. The lowest BCUT2D eigenvalue weighted by Gasteiger charge is -2.11. The number of nitriles is 1. The fourth-order valence-corrected chi connectivity index (χ4v) is 2.72. The number of non-ortho nitro benzene ring substituents is 1. The highest BCUT2D eigenvalue weighted by Gasteiger charge is 2.12. The Balaban J connectivity index is 1.93. The molecular formula is C18H13ClN4O3. The van der Waals surface area contributed by atoms with Crippen molar-refractivity contribution in [2.75, 3.05) is 12.4 Å². The van der Waals surface area contributed by atoms with E-state index in [2.05, 4.69) is 16.4 Å². The van der Waals surface area contributed by atoms with Crippen LogP contribution in [0.15, 0.2) is 42.5 Å². The Hall–Kier alpha value is -3.37. The number of nitrogens with one attached hydrogen (secondary N) is 1. The first-order valence-electron chi connectivity index (χ1n) is 7.57. The summed E-state index contributed by atoms with van der Waals surface area (Å²) in [6.45, 7) is 0.413. The van der Waals surface area contributed by atoms with Crippen LogP contribution in [-0.4, -0.2) is 17.0 Å². The van der Waals surface area contributed by atoms with Gasteiger partial charge in [-0.05, 0) is 24.3 Å². The van der Waals surface area contributed by atoms with Crippen LogP contribution in [0.2, 0.25) is 5.02 Å². The topological polar surface area (TPSA) is 101 Å². The van der Waals surface area contributed by atoms with Gasteiger partial charge in [0.15, 0.2) is 0 Å². The average molecular weight is 369 g/mol. The number of hydrogen-bond acceptors (Lipinski definition) is 6. The zero-order valence-corrected chi connectivity index (χ0v) is 14.4. The highest BCUT2D eigenvalue weighted by atomic mass is 35.5. The van der Waals surface area contributed by atoms with Gasteiger partial charge in [-0.25, -0.2) is 4.98 Å². The van der Waals surface area contributed by atoms with Crippen LogP contribution in [0.5, 0.6) is 5.75 Å². The van der Waals surface area contributed by atoms with E-state index in [1.807, 2.05) is 6.07 Å². The van der Waals surface area contributed by atoms with Crippen molar-refractivity contribution in [3.8, 4) is 11.8 Å². The van der Waals surface area contributed by atoms with E-state index >= 15 is 0 Å². The van der Waals surface area contributed by atoms with Crippen molar-refractivity contribution in [2.45, 2.75) is 6.54 Å². The van der Waals surface area contributed by atoms with E-state index in [4.69, 9.17) is 16.3 Å². The van der Waals surface area contributed by atoms with E-state index in [1.165, 1.54) is 18.2 Å². The quantitative estimate of drug-likeness (QED) is 0.532. The predicted octanol–water partition coefficient (Wildman–Crippen LogP) is 4.29. The molecule has 0 unspecified atom stereocenters. The number of hydrogen-bond donors (Lipinski definition) is 1. The van der Waals surface area contributed by atoms with Crippen molar-refractivity contribution in [3.63, 3.8) is 0 Å². The number of fused-ring (bicyclic) bond motifs is 1. The number of nitro groups is 1. The molecule has 0 amide bonds. The molecule has 0 bridgehead atoms. The summed E-state index contributed by atoms with van der Waals surface area (Å²) in [4.78, 5) is 14.8. The third kappa shape index (κ3) is 3.50. The standard InChI is InChI=1S/C18H13ClN4O3/c1-26-17-7-13(19)3-2-11(17)10-21-18-6-12(9-20)15-8-14(23(24)25)4-5-16(15)22-18/h2-8H,10H2,1H3,(H,21,22). The van der Waals surface area contributed by atoms with Gasteiger partial charge >= 0.3 is 0 Å². The lowest BCUT2D eigenvalue weighted by Crippen LogP contribution is -2.04. The molecule has 1 N–H and O–H groups in total. The maximum absolute atomic E-state index is 10.9. The summed E-state index contributed by atoms with van der Waals surface area (Å²) in [5.41, 5.74) is 1.60. The van der Waals surface area contributed by atoms with Crippen LogP contribution < -0.4 is 10.1 Å². The molecule has 1 heterocycles. The molecule has 0 atom stereocenters. The van der Waals surface area contributed by atoms with Gasteiger partial charge in [0.25, 0.3) is 5.69 Å². The van der Waals surface area contributed by atoms with E-state index in [-0.39, 0.29) is 5.69 Å². The molecule has 1 aromatic heterocycles. The number of anilines is 1. The summed E-state index contributed by atoms with van der Waals surface area (Å²) < 4.78 is 5.30. The number of nitrogens with zero attached hydrogens (tertiary/aromatic N) is 3. The van der Waals surface area contributed by atoms with E-state index in [1.54, 1.807) is 25.3 Å². The van der Waals surface area contributed by atoms with Crippen LogP contribution in [0.1, 0.15) is 11.1 Å². The largest absolute Gasteiger partial charge is 0.496 e. The smallest absolute Gasteiger partial charge is 0.270 e. The van der Waals surface area contributed by atoms with Gasteiger partial charge < -0.3 is 10.1 Å². The van der Waals surface area contributed by atoms with Crippen molar-refractivity contribution >= 4 is 34.0 Å². The molecule has 0 saturated heterocycles. The third-order valence-corrected chi connectivity index (χ3v) is 4.07. The van der Waals surface area contributed by atoms with Crippen molar-refractivity contribution < 1.29 is 9.66 Å². The lowest BCUT2D eigenvalue weighted by atomic mass is 10.1. The van der Waals surface area contributed by atoms with E-state index in [0.29, 0.717) is 39.6 Å². The average Bonchev–Trinajstić information content (AvgIpc) is 2.65.